The summed E-state index contributed by atoms with van der Waals surface area (Å²) in [5.74, 6) is 2.55. The molecule has 2 rings (SSSR count). The number of hydrogen-bond acceptors (Lipinski definition) is 4. The SMILES string of the molecule is COc1cc(C)c(CN(C)CC2CNC2)c(OC)c1. The van der Waals surface area contributed by atoms with Gasteiger partial charge in [-0.05, 0) is 31.5 Å². The number of nitrogens with zero attached hydrogens (tertiary/aromatic N) is 1. The smallest absolute Gasteiger partial charge is 0.127 e. The fourth-order valence-corrected chi connectivity index (χ4v) is 2.51. The molecule has 0 atom stereocenters. The second-order valence-corrected chi connectivity index (χ2v) is 5.35. The molecule has 0 unspecified atom stereocenters. The lowest BCUT2D eigenvalue weighted by Gasteiger charge is -2.31. The number of aryl methyl sites for hydroxylation is 1. The fraction of sp³-hybridized carbons (Fsp3) is 0.600. The molecule has 0 amide bonds. The average molecular weight is 264 g/mol. The number of hydrogen-bond donors (Lipinski definition) is 1. The van der Waals surface area contributed by atoms with E-state index in [2.05, 4.69) is 30.3 Å². The van der Waals surface area contributed by atoms with E-state index in [4.69, 9.17) is 9.47 Å². The summed E-state index contributed by atoms with van der Waals surface area (Å²) < 4.78 is 10.8. The van der Waals surface area contributed by atoms with Gasteiger partial charge in [0.15, 0.2) is 0 Å². The highest BCUT2D eigenvalue weighted by atomic mass is 16.5. The molecule has 1 fully saturated rings. The zero-order chi connectivity index (χ0) is 13.8. The highest BCUT2D eigenvalue weighted by molar-refractivity contribution is 5.46. The van der Waals surface area contributed by atoms with E-state index in [0.29, 0.717) is 0 Å². The molecule has 0 spiro atoms. The molecule has 106 valence electrons. The molecule has 1 aliphatic heterocycles. The minimum atomic E-state index is 0.787. The van der Waals surface area contributed by atoms with Crippen LogP contribution in [0.1, 0.15) is 11.1 Å². The molecular formula is C15H24N2O2. The van der Waals surface area contributed by atoms with Gasteiger partial charge in [0.1, 0.15) is 11.5 Å². The van der Waals surface area contributed by atoms with E-state index in [1.165, 1.54) is 11.1 Å². The monoisotopic (exact) mass is 264 g/mol. The van der Waals surface area contributed by atoms with E-state index in [9.17, 15) is 0 Å². The third-order valence-corrected chi connectivity index (χ3v) is 3.73. The Hall–Kier alpha value is -1.26. The van der Waals surface area contributed by atoms with Crippen molar-refractivity contribution in [1.82, 2.24) is 10.2 Å². The first kappa shape index (κ1) is 14.2. The van der Waals surface area contributed by atoms with Crippen LogP contribution in [0.15, 0.2) is 12.1 Å². The zero-order valence-electron chi connectivity index (χ0n) is 12.3. The second-order valence-electron chi connectivity index (χ2n) is 5.35. The van der Waals surface area contributed by atoms with Gasteiger partial charge >= 0.3 is 0 Å². The van der Waals surface area contributed by atoms with Gasteiger partial charge in [-0.15, -0.1) is 0 Å². The van der Waals surface area contributed by atoms with Crippen molar-refractivity contribution in [3.8, 4) is 11.5 Å². The fourth-order valence-electron chi connectivity index (χ4n) is 2.51. The molecule has 0 bridgehead atoms. The summed E-state index contributed by atoms with van der Waals surface area (Å²) in [4.78, 5) is 2.36. The second kappa shape index (κ2) is 6.26. The van der Waals surface area contributed by atoms with Gasteiger partial charge in [-0.1, -0.05) is 0 Å². The first-order valence-corrected chi connectivity index (χ1v) is 6.74. The summed E-state index contributed by atoms with van der Waals surface area (Å²) in [6.07, 6.45) is 0. The molecule has 1 heterocycles. The Labute approximate surface area is 115 Å². The van der Waals surface area contributed by atoms with Crippen molar-refractivity contribution < 1.29 is 9.47 Å². The largest absolute Gasteiger partial charge is 0.497 e. The third-order valence-electron chi connectivity index (χ3n) is 3.73. The lowest BCUT2D eigenvalue weighted by Crippen LogP contribution is -2.47. The number of ether oxygens (including phenoxy) is 2. The number of methoxy groups -OCH3 is 2. The summed E-state index contributed by atoms with van der Waals surface area (Å²) in [5, 5.41) is 3.31. The van der Waals surface area contributed by atoms with Crippen LogP contribution in [0.3, 0.4) is 0 Å². The molecule has 0 radical (unpaired) electrons. The van der Waals surface area contributed by atoms with E-state index in [0.717, 1.165) is 43.6 Å². The van der Waals surface area contributed by atoms with Crippen molar-refractivity contribution in [2.45, 2.75) is 13.5 Å². The van der Waals surface area contributed by atoms with Crippen molar-refractivity contribution >= 4 is 0 Å². The van der Waals surface area contributed by atoms with Gasteiger partial charge in [-0.25, -0.2) is 0 Å². The van der Waals surface area contributed by atoms with E-state index in [-0.39, 0.29) is 0 Å². The Morgan fingerprint density at radius 3 is 2.53 bits per heavy atom. The summed E-state index contributed by atoms with van der Waals surface area (Å²) in [5.41, 5.74) is 2.47. The van der Waals surface area contributed by atoms with Crippen LogP contribution in [0.4, 0.5) is 0 Å². The Balaban J connectivity index is 2.09. The lowest BCUT2D eigenvalue weighted by molar-refractivity contribution is 0.216. The summed E-state index contributed by atoms with van der Waals surface area (Å²) in [7, 11) is 5.57. The Kier molecular flexibility index (Phi) is 4.66. The predicted octanol–water partition coefficient (Wildman–Crippen LogP) is 1.66. The van der Waals surface area contributed by atoms with Crippen LogP contribution in [0.5, 0.6) is 11.5 Å². The molecule has 1 saturated heterocycles. The van der Waals surface area contributed by atoms with E-state index in [1.807, 2.05) is 6.07 Å². The highest BCUT2D eigenvalue weighted by Gasteiger charge is 2.19. The molecule has 4 heteroatoms. The van der Waals surface area contributed by atoms with Crippen LogP contribution in [-0.4, -0.2) is 45.8 Å². The van der Waals surface area contributed by atoms with Crippen molar-refractivity contribution in [3.63, 3.8) is 0 Å². The predicted molar refractivity (Wildman–Crippen MR) is 77.0 cm³/mol. The third kappa shape index (κ3) is 3.39. The maximum Gasteiger partial charge on any atom is 0.127 e. The maximum atomic E-state index is 5.50. The van der Waals surface area contributed by atoms with Crippen molar-refractivity contribution in [2.24, 2.45) is 5.92 Å². The number of benzene rings is 1. The van der Waals surface area contributed by atoms with Crippen LogP contribution >= 0.6 is 0 Å². The van der Waals surface area contributed by atoms with Gasteiger partial charge < -0.3 is 19.7 Å². The molecule has 1 aliphatic rings. The summed E-state index contributed by atoms with van der Waals surface area (Å²) >= 11 is 0. The van der Waals surface area contributed by atoms with Gasteiger partial charge in [0.25, 0.3) is 0 Å². The van der Waals surface area contributed by atoms with Crippen LogP contribution in [0.25, 0.3) is 0 Å². The van der Waals surface area contributed by atoms with Crippen LogP contribution in [-0.2, 0) is 6.54 Å². The minimum Gasteiger partial charge on any atom is -0.497 e. The molecule has 0 aromatic heterocycles. The Morgan fingerprint density at radius 2 is 2.00 bits per heavy atom. The van der Waals surface area contributed by atoms with E-state index >= 15 is 0 Å². The molecule has 1 aromatic carbocycles. The van der Waals surface area contributed by atoms with Crippen molar-refractivity contribution in [2.75, 3.05) is 40.9 Å². The maximum absolute atomic E-state index is 5.50. The van der Waals surface area contributed by atoms with Crippen LogP contribution in [0, 0.1) is 12.8 Å². The Morgan fingerprint density at radius 1 is 1.26 bits per heavy atom. The van der Waals surface area contributed by atoms with Crippen molar-refractivity contribution in [3.05, 3.63) is 23.3 Å². The first-order valence-electron chi connectivity index (χ1n) is 6.74. The van der Waals surface area contributed by atoms with E-state index in [1.54, 1.807) is 14.2 Å². The van der Waals surface area contributed by atoms with Gasteiger partial charge in [0.2, 0.25) is 0 Å². The van der Waals surface area contributed by atoms with Crippen molar-refractivity contribution in [1.29, 1.82) is 0 Å². The molecule has 1 aromatic rings. The molecular weight excluding hydrogens is 240 g/mol. The summed E-state index contributed by atoms with van der Waals surface area (Å²) in [6.45, 7) is 6.43. The molecule has 0 saturated carbocycles. The van der Waals surface area contributed by atoms with Gasteiger partial charge in [0, 0.05) is 37.8 Å². The zero-order valence-corrected chi connectivity index (χ0v) is 12.3. The highest BCUT2D eigenvalue weighted by Crippen LogP contribution is 2.29. The number of nitrogens with one attached hydrogen (secondary N) is 1. The molecule has 19 heavy (non-hydrogen) atoms. The van der Waals surface area contributed by atoms with Crippen LogP contribution in [0.2, 0.25) is 0 Å². The normalized spacial score (nSPS) is 15.4. The van der Waals surface area contributed by atoms with E-state index < -0.39 is 0 Å². The van der Waals surface area contributed by atoms with Crippen LogP contribution < -0.4 is 14.8 Å². The Bertz CT molecular complexity index is 430. The quantitative estimate of drug-likeness (QED) is 0.847. The average Bonchev–Trinajstić information content (AvgIpc) is 2.36. The molecule has 0 aliphatic carbocycles. The van der Waals surface area contributed by atoms with Gasteiger partial charge in [-0.2, -0.15) is 0 Å². The summed E-state index contributed by atoms with van der Waals surface area (Å²) in [6, 6.07) is 4.03. The lowest BCUT2D eigenvalue weighted by atomic mass is 10.0. The topological polar surface area (TPSA) is 33.7 Å². The standard InChI is InChI=1S/C15H24N2O2/c1-11-5-13(18-3)6-15(19-4)14(11)10-17(2)9-12-7-16-8-12/h5-6,12,16H,7-10H2,1-4H3. The van der Waals surface area contributed by atoms with Gasteiger partial charge in [-0.3, -0.25) is 0 Å². The molecule has 4 nitrogen and oxygen atoms in total. The van der Waals surface area contributed by atoms with Gasteiger partial charge in [0.05, 0.1) is 14.2 Å². The first-order chi connectivity index (χ1) is 9.13. The molecule has 1 N–H and O–H groups in total. The number of rotatable bonds is 6. The minimum absolute atomic E-state index is 0.787.